The Bertz CT molecular complexity index is 927. The van der Waals surface area contributed by atoms with Gasteiger partial charge in [-0.05, 0) is 50.8 Å². The van der Waals surface area contributed by atoms with Crippen LogP contribution in [0.3, 0.4) is 0 Å². The van der Waals surface area contributed by atoms with Gasteiger partial charge in [-0.2, -0.15) is 4.31 Å². The molecule has 30 heavy (non-hydrogen) atoms. The third-order valence-electron chi connectivity index (χ3n) is 6.23. The average molecular weight is 436 g/mol. The number of carbonyl (C=O) groups is 2. The molecule has 1 aromatic rings. The van der Waals surface area contributed by atoms with E-state index in [0.717, 1.165) is 25.7 Å². The number of fused-ring (bicyclic) bond motifs is 1. The Balaban J connectivity index is 1.46. The highest BCUT2D eigenvalue weighted by Crippen LogP contribution is 2.33. The van der Waals surface area contributed by atoms with Gasteiger partial charge in [0.2, 0.25) is 15.9 Å². The van der Waals surface area contributed by atoms with Gasteiger partial charge in [0.1, 0.15) is 5.75 Å². The molecule has 1 saturated carbocycles. The Labute approximate surface area is 177 Å². The van der Waals surface area contributed by atoms with Gasteiger partial charge < -0.3 is 15.4 Å². The molecule has 0 spiro atoms. The Morgan fingerprint density at radius 1 is 1.17 bits per heavy atom. The number of rotatable bonds is 4. The minimum Gasteiger partial charge on any atom is -0.479 e. The summed E-state index contributed by atoms with van der Waals surface area (Å²) in [5, 5.41) is 5.81. The lowest BCUT2D eigenvalue weighted by molar-refractivity contribution is -0.127. The molecule has 1 aliphatic carbocycles. The SMILES string of the molecule is CC1Oc2ccc(S(=O)(=O)N3CCCC(C(=O)NC4CCCCC4)C3)cc2NC1=O. The molecule has 2 fully saturated rings. The van der Waals surface area contributed by atoms with Crippen molar-refractivity contribution in [1.82, 2.24) is 9.62 Å². The third kappa shape index (κ3) is 4.32. The number of anilines is 1. The molecule has 1 saturated heterocycles. The van der Waals surface area contributed by atoms with Crippen LogP contribution in [0, 0.1) is 5.92 Å². The topological polar surface area (TPSA) is 105 Å². The van der Waals surface area contributed by atoms with Gasteiger partial charge >= 0.3 is 0 Å². The van der Waals surface area contributed by atoms with E-state index in [-0.39, 0.29) is 35.2 Å². The van der Waals surface area contributed by atoms with Gasteiger partial charge in [0.15, 0.2) is 6.10 Å². The van der Waals surface area contributed by atoms with Crippen molar-refractivity contribution >= 4 is 27.5 Å². The fourth-order valence-corrected chi connectivity index (χ4v) is 5.99. The summed E-state index contributed by atoms with van der Waals surface area (Å²) >= 11 is 0. The minimum absolute atomic E-state index is 0.0399. The van der Waals surface area contributed by atoms with Crippen LogP contribution in [-0.2, 0) is 19.6 Å². The molecule has 2 heterocycles. The highest BCUT2D eigenvalue weighted by Gasteiger charge is 2.35. The largest absolute Gasteiger partial charge is 0.479 e. The Hall–Kier alpha value is -2.13. The van der Waals surface area contributed by atoms with Crippen LogP contribution in [0.25, 0.3) is 0 Å². The third-order valence-corrected chi connectivity index (χ3v) is 8.09. The van der Waals surface area contributed by atoms with Gasteiger partial charge in [-0.3, -0.25) is 9.59 Å². The molecule has 2 unspecified atom stereocenters. The summed E-state index contributed by atoms with van der Waals surface area (Å²) < 4.78 is 33.3. The van der Waals surface area contributed by atoms with E-state index in [1.807, 2.05) is 0 Å². The van der Waals surface area contributed by atoms with Gasteiger partial charge in [0.05, 0.1) is 16.5 Å². The number of benzene rings is 1. The summed E-state index contributed by atoms with van der Waals surface area (Å²) in [5.74, 6) is -0.238. The van der Waals surface area contributed by atoms with Crippen LogP contribution >= 0.6 is 0 Å². The number of nitrogens with one attached hydrogen (secondary N) is 2. The summed E-state index contributed by atoms with van der Waals surface area (Å²) in [7, 11) is -3.78. The van der Waals surface area contributed by atoms with Gasteiger partial charge in [-0.15, -0.1) is 0 Å². The number of carbonyl (C=O) groups excluding carboxylic acids is 2. The molecule has 0 bridgehead atoms. The number of hydrogen-bond donors (Lipinski definition) is 2. The van der Waals surface area contributed by atoms with E-state index in [4.69, 9.17) is 4.74 Å². The lowest BCUT2D eigenvalue weighted by atomic mass is 9.93. The summed E-state index contributed by atoms with van der Waals surface area (Å²) in [6.45, 7) is 2.19. The smallest absolute Gasteiger partial charge is 0.265 e. The summed E-state index contributed by atoms with van der Waals surface area (Å²) in [6.07, 6.45) is 6.20. The van der Waals surface area contributed by atoms with E-state index in [1.54, 1.807) is 13.0 Å². The predicted molar refractivity (Wildman–Crippen MR) is 112 cm³/mol. The molecular weight excluding hydrogens is 406 g/mol. The molecule has 3 aliphatic rings. The first-order valence-electron chi connectivity index (χ1n) is 10.8. The van der Waals surface area contributed by atoms with E-state index in [9.17, 15) is 18.0 Å². The lowest BCUT2D eigenvalue weighted by Crippen LogP contribution is -2.47. The molecule has 9 heteroatoms. The Morgan fingerprint density at radius 2 is 1.93 bits per heavy atom. The fourth-order valence-electron chi connectivity index (χ4n) is 4.44. The molecule has 1 aromatic carbocycles. The number of nitrogens with zero attached hydrogens (tertiary/aromatic N) is 1. The van der Waals surface area contributed by atoms with Crippen molar-refractivity contribution in [2.75, 3.05) is 18.4 Å². The zero-order chi connectivity index (χ0) is 21.3. The van der Waals surface area contributed by atoms with Gasteiger partial charge in [-0.1, -0.05) is 19.3 Å². The van der Waals surface area contributed by atoms with Gasteiger partial charge in [0.25, 0.3) is 5.91 Å². The van der Waals surface area contributed by atoms with Crippen LogP contribution in [0.5, 0.6) is 5.75 Å². The summed E-state index contributed by atoms with van der Waals surface area (Å²) in [4.78, 5) is 24.7. The second kappa shape index (κ2) is 8.55. The first-order chi connectivity index (χ1) is 14.3. The first kappa shape index (κ1) is 21.1. The molecule has 8 nitrogen and oxygen atoms in total. The van der Waals surface area contributed by atoms with Crippen LogP contribution in [0.15, 0.2) is 23.1 Å². The van der Waals surface area contributed by atoms with Gasteiger partial charge in [-0.25, -0.2) is 8.42 Å². The lowest BCUT2D eigenvalue weighted by Gasteiger charge is -2.33. The van der Waals surface area contributed by atoms with Crippen molar-refractivity contribution in [2.45, 2.75) is 68.9 Å². The molecule has 2 amide bonds. The predicted octanol–water partition coefficient (Wildman–Crippen LogP) is 2.26. The first-order valence-corrected chi connectivity index (χ1v) is 12.2. The van der Waals surface area contributed by atoms with Crippen molar-refractivity contribution in [3.8, 4) is 5.75 Å². The minimum atomic E-state index is -3.78. The maximum Gasteiger partial charge on any atom is 0.265 e. The second-order valence-electron chi connectivity index (χ2n) is 8.45. The zero-order valence-electron chi connectivity index (χ0n) is 17.2. The maximum absolute atomic E-state index is 13.2. The van der Waals surface area contributed by atoms with Crippen molar-refractivity contribution < 1.29 is 22.7 Å². The second-order valence-corrected chi connectivity index (χ2v) is 10.4. The molecule has 0 radical (unpaired) electrons. The Morgan fingerprint density at radius 3 is 2.70 bits per heavy atom. The number of amides is 2. The quantitative estimate of drug-likeness (QED) is 0.755. The molecule has 164 valence electrons. The van der Waals surface area contributed by atoms with E-state index < -0.39 is 16.1 Å². The highest BCUT2D eigenvalue weighted by molar-refractivity contribution is 7.89. The van der Waals surface area contributed by atoms with E-state index in [1.165, 1.54) is 22.9 Å². The van der Waals surface area contributed by atoms with Crippen LogP contribution in [0.1, 0.15) is 51.9 Å². The molecule has 2 aliphatic heterocycles. The number of ether oxygens (including phenoxy) is 1. The van der Waals surface area contributed by atoms with Crippen LogP contribution in [0.2, 0.25) is 0 Å². The van der Waals surface area contributed by atoms with Crippen molar-refractivity contribution in [3.63, 3.8) is 0 Å². The van der Waals surface area contributed by atoms with Crippen molar-refractivity contribution in [2.24, 2.45) is 5.92 Å². The monoisotopic (exact) mass is 435 g/mol. The number of hydrogen-bond acceptors (Lipinski definition) is 5. The maximum atomic E-state index is 13.2. The van der Waals surface area contributed by atoms with Crippen LogP contribution in [-0.4, -0.2) is 49.8 Å². The fraction of sp³-hybridized carbons (Fsp3) is 0.619. The number of sulfonamides is 1. The average Bonchev–Trinajstić information content (AvgIpc) is 2.75. The Kier molecular flexibility index (Phi) is 6.02. The normalized spacial score (nSPS) is 25.7. The molecule has 4 rings (SSSR count). The zero-order valence-corrected chi connectivity index (χ0v) is 18.0. The molecule has 2 atom stereocenters. The van der Waals surface area contributed by atoms with E-state index >= 15 is 0 Å². The molecular formula is C21H29N3O5S. The van der Waals surface area contributed by atoms with Gasteiger partial charge in [0, 0.05) is 19.1 Å². The molecule has 2 N–H and O–H groups in total. The molecule has 0 aromatic heterocycles. The van der Waals surface area contributed by atoms with Crippen molar-refractivity contribution in [1.29, 1.82) is 0 Å². The van der Waals surface area contributed by atoms with Crippen LogP contribution < -0.4 is 15.4 Å². The van der Waals surface area contributed by atoms with Crippen LogP contribution in [0.4, 0.5) is 5.69 Å². The summed E-state index contributed by atoms with van der Waals surface area (Å²) in [5.41, 5.74) is 0.350. The standard InChI is InChI=1S/C21H29N3O5S/c1-14-20(25)23-18-12-17(9-10-19(18)29-14)30(27,28)24-11-5-6-15(13-24)21(26)22-16-7-3-2-4-8-16/h9-10,12,14-16H,2-8,11,13H2,1H3,(H,22,26)(H,23,25). The number of piperidine rings is 1. The van der Waals surface area contributed by atoms with E-state index in [0.29, 0.717) is 30.8 Å². The van der Waals surface area contributed by atoms with Crippen molar-refractivity contribution in [3.05, 3.63) is 18.2 Å². The summed E-state index contributed by atoms with van der Waals surface area (Å²) in [6, 6.07) is 4.70. The van der Waals surface area contributed by atoms with E-state index in [2.05, 4.69) is 10.6 Å². The highest BCUT2D eigenvalue weighted by atomic mass is 32.2.